The number of para-hydroxylation sites is 1. The van der Waals surface area contributed by atoms with Gasteiger partial charge in [0, 0.05) is 31.6 Å². The molecule has 3 heterocycles. The van der Waals surface area contributed by atoms with Crippen LogP contribution in [0.2, 0.25) is 0 Å². The molecule has 1 N–H and O–H groups in total. The molecule has 3 aliphatic rings. The minimum absolute atomic E-state index is 0.00944. The summed E-state index contributed by atoms with van der Waals surface area (Å²) in [4.78, 5) is 28.2. The van der Waals surface area contributed by atoms with Crippen molar-refractivity contribution in [3.8, 4) is 5.75 Å². The minimum atomic E-state index is -0.202. The second-order valence-corrected chi connectivity index (χ2v) is 7.11. The summed E-state index contributed by atoms with van der Waals surface area (Å²) in [6.45, 7) is 2.48. The Morgan fingerprint density at radius 2 is 2.15 bits per heavy atom. The van der Waals surface area contributed by atoms with Crippen LogP contribution in [0.15, 0.2) is 53.6 Å². The molecular weight excluding hydrogens is 346 g/mol. The van der Waals surface area contributed by atoms with Gasteiger partial charge < -0.3 is 24.6 Å². The van der Waals surface area contributed by atoms with E-state index in [1.807, 2.05) is 47.2 Å². The number of rotatable bonds is 4. The van der Waals surface area contributed by atoms with Crippen molar-refractivity contribution in [3.05, 3.63) is 53.6 Å². The molecule has 7 nitrogen and oxygen atoms in total. The van der Waals surface area contributed by atoms with E-state index in [1.54, 1.807) is 6.08 Å². The number of carbonyl (C=O) groups is 2. The third-order valence-corrected chi connectivity index (χ3v) is 4.99. The van der Waals surface area contributed by atoms with Gasteiger partial charge in [-0.25, -0.2) is 0 Å². The third-order valence-electron chi connectivity index (χ3n) is 4.99. The maximum absolute atomic E-state index is 12.9. The van der Waals surface area contributed by atoms with Crippen LogP contribution in [-0.2, 0) is 14.3 Å². The van der Waals surface area contributed by atoms with Crippen molar-refractivity contribution in [2.24, 2.45) is 5.92 Å². The molecule has 1 aromatic carbocycles. The molecule has 0 spiro atoms. The highest BCUT2D eigenvalue weighted by atomic mass is 16.5. The number of carbonyl (C=O) groups excluding carboxylic acids is 2. The van der Waals surface area contributed by atoms with E-state index in [2.05, 4.69) is 5.32 Å². The predicted octanol–water partition coefficient (Wildman–Crippen LogP) is 1.10. The SMILES string of the molecule is CN1CC(C(=O)N2CCC(COc3ccccc3)C2)=CC2=C1OCC(=O)N2. The van der Waals surface area contributed by atoms with Crippen molar-refractivity contribution in [1.82, 2.24) is 15.1 Å². The van der Waals surface area contributed by atoms with Crippen LogP contribution in [0.4, 0.5) is 0 Å². The maximum Gasteiger partial charge on any atom is 0.262 e. The first-order valence-corrected chi connectivity index (χ1v) is 9.16. The normalized spacial score (nSPS) is 22.0. The summed E-state index contributed by atoms with van der Waals surface area (Å²) in [5.41, 5.74) is 1.22. The average molecular weight is 369 g/mol. The van der Waals surface area contributed by atoms with Crippen molar-refractivity contribution in [2.75, 3.05) is 39.9 Å². The fraction of sp³-hybridized carbons (Fsp3) is 0.400. The number of nitrogens with zero attached hydrogens (tertiary/aromatic N) is 2. The van der Waals surface area contributed by atoms with Crippen molar-refractivity contribution in [1.29, 1.82) is 0 Å². The first-order chi connectivity index (χ1) is 13.1. The Balaban J connectivity index is 1.37. The molecule has 0 aliphatic carbocycles. The Morgan fingerprint density at radius 1 is 1.33 bits per heavy atom. The zero-order valence-electron chi connectivity index (χ0n) is 15.3. The standard InChI is InChI=1S/C20H23N3O4/c1-22-11-15(9-17-20(22)27-13-18(24)21-17)19(25)23-8-7-14(10-23)12-26-16-5-3-2-4-6-16/h2-6,9,14H,7-8,10-13H2,1H3,(H,21,24). The fourth-order valence-corrected chi connectivity index (χ4v) is 3.63. The monoisotopic (exact) mass is 369 g/mol. The minimum Gasteiger partial charge on any atom is -0.493 e. The van der Waals surface area contributed by atoms with Crippen LogP contribution in [-0.4, -0.2) is 61.5 Å². The van der Waals surface area contributed by atoms with Crippen molar-refractivity contribution in [2.45, 2.75) is 6.42 Å². The largest absolute Gasteiger partial charge is 0.493 e. The van der Waals surface area contributed by atoms with E-state index >= 15 is 0 Å². The molecule has 27 heavy (non-hydrogen) atoms. The zero-order chi connectivity index (χ0) is 18.8. The number of likely N-dealkylation sites (tertiary alicyclic amines) is 1. The molecule has 0 bridgehead atoms. The topological polar surface area (TPSA) is 71.1 Å². The lowest BCUT2D eigenvalue weighted by molar-refractivity contribution is -0.128. The van der Waals surface area contributed by atoms with Crippen LogP contribution in [0, 0.1) is 5.92 Å². The van der Waals surface area contributed by atoms with Gasteiger partial charge in [0.1, 0.15) is 11.4 Å². The molecule has 0 saturated carbocycles. The third kappa shape index (κ3) is 3.77. The molecule has 4 rings (SSSR count). The molecular formula is C20H23N3O4. The van der Waals surface area contributed by atoms with Gasteiger partial charge in [-0.1, -0.05) is 18.2 Å². The Kier molecular flexibility index (Phi) is 4.75. The van der Waals surface area contributed by atoms with Gasteiger partial charge in [0.25, 0.3) is 11.8 Å². The lowest BCUT2D eigenvalue weighted by atomic mass is 10.1. The molecule has 1 aromatic rings. The Bertz CT molecular complexity index is 803. The molecule has 1 atom stereocenters. The zero-order valence-corrected chi connectivity index (χ0v) is 15.3. The second kappa shape index (κ2) is 7.34. The van der Waals surface area contributed by atoms with Crippen LogP contribution >= 0.6 is 0 Å². The van der Waals surface area contributed by atoms with Gasteiger partial charge >= 0.3 is 0 Å². The van der Waals surface area contributed by atoms with Gasteiger partial charge in [-0.05, 0) is 24.6 Å². The number of nitrogens with one attached hydrogen (secondary N) is 1. The quantitative estimate of drug-likeness (QED) is 0.861. The lowest BCUT2D eigenvalue weighted by Gasteiger charge is -2.33. The Hall–Kier alpha value is -2.96. The molecule has 0 radical (unpaired) electrons. The summed E-state index contributed by atoms with van der Waals surface area (Å²) >= 11 is 0. The van der Waals surface area contributed by atoms with E-state index < -0.39 is 0 Å². The summed E-state index contributed by atoms with van der Waals surface area (Å²) in [7, 11) is 1.85. The van der Waals surface area contributed by atoms with E-state index in [4.69, 9.17) is 9.47 Å². The highest BCUT2D eigenvalue weighted by Crippen LogP contribution is 2.25. The summed E-state index contributed by atoms with van der Waals surface area (Å²) in [5.74, 6) is 1.60. The number of allylic oxidation sites excluding steroid dienone is 1. The number of amides is 2. The van der Waals surface area contributed by atoms with Crippen LogP contribution in [0.3, 0.4) is 0 Å². The average Bonchev–Trinajstić information content (AvgIpc) is 3.15. The summed E-state index contributed by atoms with van der Waals surface area (Å²) in [5, 5.41) is 2.78. The van der Waals surface area contributed by atoms with Gasteiger partial charge in [-0.2, -0.15) is 0 Å². The van der Waals surface area contributed by atoms with Gasteiger partial charge in [-0.15, -0.1) is 0 Å². The predicted molar refractivity (Wildman–Crippen MR) is 98.5 cm³/mol. The molecule has 1 saturated heterocycles. The molecule has 2 amide bonds. The summed E-state index contributed by atoms with van der Waals surface area (Å²) in [6, 6.07) is 9.72. The van der Waals surface area contributed by atoms with Crippen molar-refractivity contribution in [3.63, 3.8) is 0 Å². The number of hydrogen-bond donors (Lipinski definition) is 1. The van der Waals surface area contributed by atoms with E-state index in [0.717, 1.165) is 18.7 Å². The Morgan fingerprint density at radius 3 is 2.96 bits per heavy atom. The lowest BCUT2D eigenvalue weighted by Crippen LogP contribution is -2.42. The molecule has 1 unspecified atom stereocenters. The highest BCUT2D eigenvalue weighted by molar-refractivity contribution is 5.95. The second-order valence-electron chi connectivity index (χ2n) is 7.11. The van der Waals surface area contributed by atoms with E-state index in [-0.39, 0.29) is 18.4 Å². The van der Waals surface area contributed by atoms with Crippen LogP contribution in [0.25, 0.3) is 0 Å². The van der Waals surface area contributed by atoms with Crippen LogP contribution < -0.4 is 10.1 Å². The Labute approximate surface area is 158 Å². The fourth-order valence-electron chi connectivity index (χ4n) is 3.63. The molecule has 1 fully saturated rings. The summed E-state index contributed by atoms with van der Waals surface area (Å²) in [6.07, 6.45) is 2.66. The molecule has 142 valence electrons. The molecule has 0 aromatic heterocycles. The van der Waals surface area contributed by atoms with Gasteiger partial charge in [0.05, 0.1) is 13.2 Å². The highest BCUT2D eigenvalue weighted by Gasteiger charge is 2.32. The van der Waals surface area contributed by atoms with Crippen molar-refractivity contribution >= 4 is 11.8 Å². The van der Waals surface area contributed by atoms with E-state index in [1.165, 1.54) is 0 Å². The smallest absolute Gasteiger partial charge is 0.262 e. The van der Waals surface area contributed by atoms with Gasteiger partial charge in [0.2, 0.25) is 5.88 Å². The number of hydrogen-bond acceptors (Lipinski definition) is 5. The van der Waals surface area contributed by atoms with E-state index in [9.17, 15) is 9.59 Å². The maximum atomic E-state index is 12.9. The van der Waals surface area contributed by atoms with Crippen molar-refractivity contribution < 1.29 is 19.1 Å². The molecule has 7 heteroatoms. The van der Waals surface area contributed by atoms with Gasteiger partial charge in [0.15, 0.2) is 6.61 Å². The van der Waals surface area contributed by atoms with E-state index in [0.29, 0.717) is 42.8 Å². The number of likely N-dealkylation sites (N-methyl/N-ethyl adjacent to an activating group) is 1. The molecule has 3 aliphatic heterocycles. The first kappa shape index (κ1) is 17.5. The van der Waals surface area contributed by atoms with Gasteiger partial charge in [-0.3, -0.25) is 9.59 Å². The van der Waals surface area contributed by atoms with Crippen LogP contribution in [0.5, 0.6) is 5.75 Å². The first-order valence-electron chi connectivity index (χ1n) is 9.16. The number of benzene rings is 1. The number of ether oxygens (including phenoxy) is 2. The summed E-state index contributed by atoms with van der Waals surface area (Å²) < 4.78 is 11.3. The van der Waals surface area contributed by atoms with Crippen LogP contribution in [0.1, 0.15) is 6.42 Å².